The third-order valence-electron chi connectivity index (χ3n) is 6.83. The van der Waals surface area contributed by atoms with Crippen molar-refractivity contribution in [3.63, 3.8) is 0 Å². The van der Waals surface area contributed by atoms with Crippen molar-refractivity contribution in [1.82, 2.24) is 0 Å². The summed E-state index contributed by atoms with van der Waals surface area (Å²) in [4.78, 5) is 11.7. The van der Waals surface area contributed by atoms with E-state index in [2.05, 4.69) is 0 Å². The molecule has 1 aromatic rings. The zero-order valence-corrected chi connectivity index (χ0v) is 16.4. The lowest BCUT2D eigenvalue weighted by molar-refractivity contribution is -0.648. The predicted octanol–water partition coefficient (Wildman–Crippen LogP) is 5.09. The van der Waals surface area contributed by atoms with Crippen molar-refractivity contribution < 1.29 is 19.6 Å². The first-order chi connectivity index (χ1) is 12.3. The first-order valence-corrected chi connectivity index (χ1v) is 10.3. The van der Waals surface area contributed by atoms with Gasteiger partial charge >= 0.3 is 0 Å². The molecule has 0 radical (unpaired) electrons. The molecule has 0 aromatic heterocycles. The molecule has 7 heteroatoms. The maximum absolute atomic E-state index is 10.0. The van der Waals surface area contributed by atoms with Crippen LogP contribution < -0.4 is 0 Å². The Balaban J connectivity index is 1.58. The predicted molar refractivity (Wildman–Crippen MR) is 98.0 cm³/mol. The topological polar surface area (TPSA) is 47.9 Å². The summed E-state index contributed by atoms with van der Waals surface area (Å²) >= 11 is 17.9. The molecule has 1 heterocycles. The van der Waals surface area contributed by atoms with E-state index in [0.717, 1.165) is 37.5 Å². The van der Waals surface area contributed by atoms with Crippen molar-refractivity contribution in [3.8, 4) is 5.75 Å². The Morgan fingerprint density at radius 2 is 1.69 bits per heavy atom. The van der Waals surface area contributed by atoms with Gasteiger partial charge in [0.15, 0.2) is 5.60 Å². The van der Waals surface area contributed by atoms with Gasteiger partial charge in [0.25, 0.3) is 5.79 Å². The summed E-state index contributed by atoms with van der Waals surface area (Å²) in [6.45, 7) is -0.120. The molecule has 6 rings (SSSR count). The van der Waals surface area contributed by atoms with Crippen LogP contribution >= 0.6 is 34.8 Å². The number of halogens is 3. The van der Waals surface area contributed by atoms with E-state index in [1.165, 1.54) is 6.42 Å². The molecule has 4 aliphatic carbocycles. The number of hydrogen-bond acceptors (Lipinski definition) is 4. The van der Waals surface area contributed by atoms with Gasteiger partial charge in [-0.3, -0.25) is 0 Å². The lowest BCUT2D eigenvalue weighted by Gasteiger charge is -2.69. The zero-order valence-electron chi connectivity index (χ0n) is 14.2. The third-order valence-corrected chi connectivity index (χ3v) is 7.15. The molecule has 5 fully saturated rings. The number of phenols is 1. The van der Waals surface area contributed by atoms with Crippen molar-refractivity contribution in [1.29, 1.82) is 0 Å². The van der Waals surface area contributed by atoms with Gasteiger partial charge in [0, 0.05) is 5.56 Å². The lowest BCUT2D eigenvalue weighted by Crippen LogP contribution is -2.76. The summed E-state index contributed by atoms with van der Waals surface area (Å²) in [6.07, 6.45) is 5.81. The molecule has 142 valence electrons. The molecule has 4 bridgehead atoms. The van der Waals surface area contributed by atoms with Gasteiger partial charge in [0.2, 0.25) is 3.79 Å². The van der Waals surface area contributed by atoms with E-state index in [1.807, 2.05) is 6.07 Å². The minimum Gasteiger partial charge on any atom is -0.508 e. The number of hydrogen-bond donors (Lipinski definition) is 1. The molecule has 1 aromatic carbocycles. The van der Waals surface area contributed by atoms with Crippen molar-refractivity contribution in [2.24, 2.45) is 23.7 Å². The van der Waals surface area contributed by atoms with Gasteiger partial charge in [0.1, 0.15) is 5.75 Å². The second-order valence-electron chi connectivity index (χ2n) is 8.33. The van der Waals surface area contributed by atoms with E-state index in [1.54, 1.807) is 18.2 Å². The summed E-state index contributed by atoms with van der Waals surface area (Å²) in [7, 11) is 0. The number of rotatable bonds is 3. The van der Waals surface area contributed by atoms with Crippen LogP contribution in [0, 0.1) is 23.7 Å². The van der Waals surface area contributed by atoms with Crippen LogP contribution in [0.15, 0.2) is 24.3 Å². The summed E-state index contributed by atoms with van der Waals surface area (Å²) < 4.78 is 4.64. The van der Waals surface area contributed by atoms with Crippen LogP contribution in [0.5, 0.6) is 5.75 Å². The van der Waals surface area contributed by atoms with E-state index in [4.69, 9.17) is 49.3 Å². The average molecular weight is 420 g/mol. The van der Waals surface area contributed by atoms with Crippen LogP contribution in [0.25, 0.3) is 0 Å². The van der Waals surface area contributed by atoms with Gasteiger partial charge in [-0.2, -0.15) is 4.89 Å². The number of alkyl halides is 3. The van der Waals surface area contributed by atoms with Gasteiger partial charge in [-0.25, -0.2) is 4.89 Å². The molecule has 0 amide bonds. The first-order valence-electron chi connectivity index (χ1n) is 9.19. The molecule has 1 atom stereocenters. The van der Waals surface area contributed by atoms with E-state index in [9.17, 15) is 5.11 Å². The first kappa shape index (κ1) is 17.8. The highest BCUT2D eigenvalue weighted by atomic mass is 35.6. The highest BCUT2D eigenvalue weighted by Gasteiger charge is 2.77. The fourth-order valence-electron chi connectivity index (χ4n) is 6.16. The number of aromatic hydroxyl groups is 1. The standard InChI is InChI=1S/C19H21Cl3O4/c20-17(21,22)10-24-19(13-2-1-3-16(23)9-13)18(25-26-19)14-5-11-4-12(7-14)8-15(18)6-11/h1-3,9,11-12,14-15,23H,4-8,10H2. The average Bonchev–Trinajstić information content (AvgIpc) is 2.52. The Morgan fingerprint density at radius 3 is 2.19 bits per heavy atom. The molecule has 26 heavy (non-hydrogen) atoms. The molecule has 5 aliphatic rings. The maximum Gasteiger partial charge on any atom is 0.261 e. The van der Waals surface area contributed by atoms with Gasteiger partial charge in [-0.15, -0.1) is 0 Å². The summed E-state index contributed by atoms with van der Waals surface area (Å²) in [6, 6.07) is 6.94. The van der Waals surface area contributed by atoms with Crippen LogP contribution in [0.3, 0.4) is 0 Å². The summed E-state index contributed by atoms with van der Waals surface area (Å²) in [5.41, 5.74) is 0.134. The number of phenolic OH excluding ortho intramolecular Hbond substituents is 1. The molecule has 1 spiro atoms. The molecule has 4 nitrogen and oxygen atoms in total. The van der Waals surface area contributed by atoms with E-state index >= 15 is 0 Å². The molecule has 1 unspecified atom stereocenters. The van der Waals surface area contributed by atoms with Crippen LogP contribution in [0.2, 0.25) is 0 Å². The van der Waals surface area contributed by atoms with Gasteiger partial charge in [-0.05, 0) is 67.9 Å². The Kier molecular flexibility index (Phi) is 4.04. The maximum atomic E-state index is 10.0. The van der Waals surface area contributed by atoms with Gasteiger partial charge in [0.05, 0.1) is 6.61 Å². The number of benzene rings is 1. The summed E-state index contributed by atoms with van der Waals surface area (Å²) in [5, 5.41) is 10.0. The molecule has 1 N–H and O–H groups in total. The molecule has 4 saturated carbocycles. The monoisotopic (exact) mass is 418 g/mol. The largest absolute Gasteiger partial charge is 0.508 e. The highest BCUT2D eigenvalue weighted by Crippen LogP contribution is 2.69. The Labute approximate surface area is 167 Å². The third kappa shape index (κ3) is 2.46. The zero-order chi connectivity index (χ0) is 18.2. The normalized spacial score (nSPS) is 43.7. The van der Waals surface area contributed by atoms with Crippen molar-refractivity contribution in [3.05, 3.63) is 29.8 Å². The molecular formula is C19H21Cl3O4. The fourth-order valence-corrected chi connectivity index (χ4v) is 6.32. The smallest absolute Gasteiger partial charge is 0.261 e. The van der Waals surface area contributed by atoms with Crippen molar-refractivity contribution in [2.45, 2.75) is 47.3 Å². The minimum absolute atomic E-state index is 0.120. The lowest BCUT2D eigenvalue weighted by atomic mass is 9.47. The molecule has 1 saturated heterocycles. The Morgan fingerprint density at radius 1 is 1.04 bits per heavy atom. The minimum atomic E-state index is -1.56. The second-order valence-corrected chi connectivity index (χ2v) is 10.9. The van der Waals surface area contributed by atoms with Gasteiger partial charge < -0.3 is 9.84 Å². The highest BCUT2D eigenvalue weighted by molar-refractivity contribution is 6.67. The fraction of sp³-hybridized carbons (Fsp3) is 0.684. The molecule has 1 aliphatic heterocycles. The Bertz CT molecular complexity index is 691. The van der Waals surface area contributed by atoms with Crippen molar-refractivity contribution in [2.75, 3.05) is 6.61 Å². The van der Waals surface area contributed by atoms with Crippen molar-refractivity contribution >= 4 is 34.8 Å². The Hall–Kier alpha value is -0.230. The van der Waals surface area contributed by atoms with E-state index in [0.29, 0.717) is 17.4 Å². The van der Waals surface area contributed by atoms with Gasteiger partial charge in [-0.1, -0.05) is 46.9 Å². The van der Waals surface area contributed by atoms with Crippen LogP contribution in [-0.4, -0.2) is 21.1 Å². The summed E-state index contributed by atoms with van der Waals surface area (Å²) in [5.74, 6) is 1.23. The SMILES string of the molecule is Oc1cccc(C2(OCC(Cl)(Cl)Cl)OOC23C2CC4CC(C2)CC3C4)c1. The number of ether oxygens (including phenoxy) is 1. The van der Waals surface area contributed by atoms with Crippen LogP contribution in [-0.2, 0) is 20.3 Å². The molecular weight excluding hydrogens is 399 g/mol. The second kappa shape index (κ2) is 5.88. The van der Waals surface area contributed by atoms with Crippen LogP contribution in [0.4, 0.5) is 0 Å². The quantitative estimate of drug-likeness (QED) is 0.548. The van der Waals surface area contributed by atoms with E-state index < -0.39 is 15.2 Å². The van der Waals surface area contributed by atoms with Crippen LogP contribution in [0.1, 0.15) is 37.7 Å². The van der Waals surface area contributed by atoms with E-state index in [-0.39, 0.29) is 12.4 Å².